The number of piperazine rings is 1. The van der Waals surface area contributed by atoms with Crippen LogP contribution in [0.1, 0.15) is 18.2 Å². The fourth-order valence-electron chi connectivity index (χ4n) is 3.84. The van der Waals surface area contributed by atoms with Crippen molar-refractivity contribution in [3.8, 4) is 0 Å². The van der Waals surface area contributed by atoms with Crippen molar-refractivity contribution in [3.05, 3.63) is 56.7 Å². The van der Waals surface area contributed by atoms with Crippen molar-refractivity contribution in [2.24, 2.45) is 0 Å². The molecule has 1 aliphatic heterocycles. The number of aryl methyl sites for hydroxylation is 1. The molecule has 2 aromatic heterocycles. The predicted molar refractivity (Wildman–Crippen MR) is 135 cm³/mol. The predicted octanol–water partition coefficient (Wildman–Crippen LogP) is 3.52. The minimum Gasteiger partial charge on any atom is -0.475 e. The van der Waals surface area contributed by atoms with Crippen LogP contribution in [-0.4, -0.2) is 63.3 Å². The van der Waals surface area contributed by atoms with Crippen LogP contribution < -0.4 is 21.1 Å². The molecule has 0 radical (unpaired) electrons. The van der Waals surface area contributed by atoms with E-state index in [1.807, 2.05) is 11.8 Å². The van der Waals surface area contributed by atoms with Gasteiger partial charge in [-0.15, -0.1) is 0 Å². The lowest BCUT2D eigenvalue weighted by Gasteiger charge is -2.29. The SMILES string of the molecule is CCc1nc2n(CC(=O)Nc3ccc(C(F)(F)F)cc3)cc(Br)n2c(=O)c1N1CCNCC1.O=C(O)C(F)(F)F. The Bertz CT molecular complexity index is 1430. The molecule has 17 heteroatoms. The fourth-order valence-corrected chi connectivity index (χ4v) is 4.41. The molecule has 0 unspecified atom stereocenters. The summed E-state index contributed by atoms with van der Waals surface area (Å²) >= 11 is 3.39. The molecule has 10 nitrogen and oxygen atoms in total. The van der Waals surface area contributed by atoms with Gasteiger partial charge in [0.25, 0.3) is 5.56 Å². The van der Waals surface area contributed by atoms with Gasteiger partial charge in [-0.1, -0.05) is 6.92 Å². The van der Waals surface area contributed by atoms with Crippen molar-refractivity contribution >= 4 is 45.0 Å². The quantitative estimate of drug-likeness (QED) is 0.365. The molecule has 4 rings (SSSR count). The fraction of sp³-hybridized carbons (Fsp3) is 0.391. The molecule has 3 heterocycles. The van der Waals surface area contributed by atoms with E-state index in [0.29, 0.717) is 41.3 Å². The van der Waals surface area contributed by atoms with Crippen LogP contribution in [0.5, 0.6) is 0 Å². The molecular formula is C23H23BrF6N6O4. The molecule has 1 aliphatic rings. The molecule has 0 saturated carbocycles. The molecule has 1 saturated heterocycles. The molecule has 1 aromatic carbocycles. The number of rotatable bonds is 5. The lowest BCUT2D eigenvalue weighted by molar-refractivity contribution is -0.192. The van der Waals surface area contributed by atoms with E-state index in [1.54, 1.807) is 6.20 Å². The van der Waals surface area contributed by atoms with Gasteiger partial charge in [0.1, 0.15) is 16.8 Å². The summed E-state index contributed by atoms with van der Waals surface area (Å²) in [6, 6.07) is 4.21. The first-order valence-electron chi connectivity index (χ1n) is 11.7. The van der Waals surface area contributed by atoms with Gasteiger partial charge < -0.3 is 25.2 Å². The number of aromatic nitrogens is 3. The van der Waals surface area contributed by atoms with E-state index in [-0.39, 0.29) is 17.8 Å². The Morgan fingerprint density at radius 1 is 1.10 bits per heavy atom. The Labute approximate surface area is 230 Å². The van der Waals surface area contributed by atoms with Crippen LogP contribution in [-0.2, 0) is 28.7 Å². The molecule has 1 amide bonds. The highest BCUT2D eigenvalue weighted by Gasteiger charge is 2.38. The normalized spacial score (nSPS) is 14.1. The molecule has 0 bridgehead atoms. The lowest BCUT2D eigenvalue weighted by Crippen LogP contribution is -2.46. The number of aliphatic carboxylic acids is 1. The zero-order valence-corrected chi connectivity index (χ0v) is 22.3. The summed E-state index contributed by atoms with van der Waals surface area (Å²) in [5.41, 5.74) is 0.439. The van der Waals surface area contributed by atoms with Gasteiger partial charge in [0, 0.05) is 38.1 Å². The Balaban J connectivity index is 0.000000559. The van der Waals surface area contributed by atoms with E-state index in [9.17, 15) is 35.9 Å². The van der Waals surface area contributed by atoms with Crippen molar-refractivity contribution in [1.82, 2.24) is 19.3 Å². The maximum atomic E-state index is 13.4. The van der Waals surface area contributed by atoms with E-state index >= 15 is 0 Å². The van der Waals surface area contributed by atoms with Gasteiger partial charge >= 0.3 is 18.3 Å². The van der Waals surface area contributed by atoms with Gasteiger partial charge in [0.15, 0.2) is 0 Å². The molecule has 3 N–H and O–H groups in total. The number of carbonyl (C=O) groups excluding carboxylic acids is 1. The number of nitrogens with one attached hydrogen (secondary N) is 2. The van der Waals surface area contributed by atoms with Crippen LogP contribution in [0, 0.1) is 0 Å². The van der Waals surface area contributed by atoms with Crippen molar-refractivity contribution < 1.29 is 41.0 Å². The first kappa shape index (κ1) is 30.9. The Morgan fingerprint density at radius 3 is 2.17 bits per heavy atom. The highest BCUT2D eigenvalue weighted by atomic mass is 79.9. The van der Waals surface area contributed by atoms with Gasteiger partial charge in [0.2, 0.25) is 11.7 Å². The Hall–Kier alpha value is -3.60. The van der Waals surface area contributed by atoms with E-state index in [4.69, 9.17) is 9.90 Å². The number of hydrogen-bond acceptors (Lipinski definition) is 6. The molecule has 0 aliphatic carbocycles. The van der Waals surface area contributed by atoms with Crippen molar-refractivity contribution in [2.45, 2.75) is 32.2 Å². The minimum atomic E-state index is -5.08. The lowest BCUT2D eigenvalue weighted by atomic mass is 10.2. The summed E-state index contributed by atoms with van der Waals surface area (Å²) in [4.78, 5) is 41.5. The molecule has 0 atom stereocenters. The smallest absolute Gasteiger partial charge is 0.475 e. The number of amides is 1. The second-order valence-electron chi connectivity index (χ2n) is 8.44. The number of carboxylic acids is 1. The van der Waals surface area contributed by atoms with Crippen LogP contribution in [0.2, 0.25) is 0 Å². The number of fused-ring (bicyclic) bond motifs is 1. The van der Waals surface area contributed by atoms with Crippen LogP contribution in [0.15, 0.2) is 39.9 Å². The van der Waals surface area contributed by atoms with Crippen LogP contribution >= 0.6 is 15.9 Å². The van der Waals surface area contributed by atoms with Gasteiger partial charge in [-0.25, -0.2) is 14.2 Å². The van der Waals surface area contributed by atoms with Gasteiger partial charge in [0.05, 0.1) is 11.3 Å². The van der Waals surface area contributed by atoms with E-state index in [0.717, 1.165) is 25.2 Å². The van der Waals surface area contributed by atoms with Gasteiger partial charge in [-0.3, -0.25) is 9.59 Å². The maximum absolute atomic E-state index is 13.4. The monoisotopic (exact) mass is 640 g/mol. The summed E-state index contributed by atoms with van der Waals surface area (Å²) in [7, 11) is 0. The number of carboxylic acid groups (broad SMARTS) is 1. The third kappa shape index (κ3) is 7.32. The minimum absolute atomic E-state index is 0.168. The van der Waals surface area contributed by atoms with Crippen molar-refractivity contribution in [3.63, 3.8) is 0 Å². The molecule has 3 aromatic rings. The topological polar surface area (TPSA) is 121 Å². The summed E-state index contributed by atoms with van der Waals surface area (Å²) < 4.78 is 73.3. The van der Waals surface area contributed by atoms with Crippen LogP contribution in [0.25, 0.3) is 5.78 Å². The summed E-state index contributed by atoms with van der Waals surface area (Å²) in [6.45, 7) is 4.70. The third-order valence-corrected chi connectivity index (χ3v) is 6.23. The third-order valence-electron chi connectivity index (χ3n) is 5.67. The number of hydrogen-bond donors (Lipinski definition) is 3. The maximum Gasteiger partial charge on any atom is 0.490 e. The second kappa shape index (κ2) is 12.3. The summed E-state index contributed by atoms with van der Waals surface area (Å²) in [5, 5.41) is 13.0. The van der Waals surface area contributed by atoms with Crippen LogP contribution in [0.4, 0.5) is 37.7 Å². The Morgan fingerprint density at radius 2 is 1.68 bits per heavy atom. The zero-order valence-electron chi connectivity index (χ0n) is 20.7. The molecular weight excluding hydrogens is 618 g/mol. The molecule has 1 fully saturated rings. The number of alkyl halides is 6. The summed E-state index contributed by atoms with van der Waals surface area (Å²) in [5.74, 6) is -2.91. The standard InChI is InChI=1S/C21H22BrF3N6O2.C2HF3O2/c1-2-15-18(29-9-7-26-8-10-29)19(33)31-16(22)11-30(20(31)28-15)12-17(32)27-14-5-3-13(4-6-14)21(23,24)25;3-2(4,5)1(6)7/h3-6,11,26H,2,7-10,12H2,1H3,(H,27,32);(H,6,7). The van der Waals surface area contributed by atoms with Crippen molar-refractivity contribution in [1.29, 1.82) is 0 Å². The number of imidazole rings is 1. The van der Waals surface area contributed by atoms with Gasteiger partial charge in [-0.2, -0.15) is 26.3 Å². The number of nitrogens with zero attached hydrogens (tertiary/aromatic N) is 4. The van der Waals surface area contributed by atoms with E-state index in [2.05, 4.69) is 31.5 Å². The average molecular weight is 641 g/mol. The highest BCUT2D eigenvalue weighted by Crippen LogP contribution is 2.30. The molecule has 218 valence electrons. The molecule has 40 heavy (non-hydrogen) atoms. The number of halogens is 7. The highest BCUT2D eigenvalue weighted by molar-refractivity contribution is 9.10. The second-order valence-corrected chi connectivity index (χ2v) is 9.26. The van der Waals surface area contributed by atoms with Gasteiger partial charge in [-0.05, 0) is 46.6 Å². The first-order chi connectivity index (χ1) is 18.6. The van der Waals surface area contributed by atoms with E-state index in [1.165, 1.54) is 21.1 Å². The first-order valence-corrected chi connectivity index (χ1v) is 12.5. The van der Waals surface area contributed by atoms with Crippen LogP contribution in [0.3, 0.4) is 0 Å². The average Bonchev–Trinajstić information content (AvgIpc) is 3.18. The largest absolute Gasteiger partial charge is 0.490 e. The van der Waals surface area contributed by atoms with E-state index < -0.39 is 29.8 Å². The number of anilines is 2. The molecule has 0 spiro atoms. The summed E-state index contributed by atoms with van der Waals surface area (Å²) in [6.07, 6.45) is -7.39. The van der Waals surface area contributed by atoms with Crippen molar-refractivity contribution in [2.75, 3.05) is 36.4 Å². The number of benzene rings is 1. The Kier molecular flexibility index (Phi) is 9.50. The zero-order chi connectivity index (χ0) is 29.8. The number of carbonyl (C=O) groups is 2.